The summed E-state index contributed by atoms with van der Waals surface area (Å²) >= 11 is 4.29. The van der Waals surface area contributed by atoms with E-state index in [1.807, 2.05) is 24.3 Å². The molecule has 0 bridgehead atoms. The van der Waals surface area contributed by atoms with E-state index in [4.69, 9.17) is 0 Å². The standard InChI is InChI=1S/C10H6BrNO2S/c11-7-4-2-1-3-6(7)5-8-9(13)12-10(14)15-8/h1-5H,(H,12,13,14)/b8-5-. The number of nitrogens with one attached hydrogen (secondary N) is 1. The first-order valence-corrected chi connectivity index (χ1v) is 5.77. The lowest BCUT2D eigenvalue weighted by Crippen LogP contribution is -2.17. The van der Waals surface area contributed by atoms with Gasteiger partial charge in [-0.3, -0.25) is 14.9 Å². The molecule has 1 aromatic carbocycles. The Labute approximate surface area is 99.1 Å². The maximum absolute atomic E-state index is 11.3. The van der Waals surface area contributed by atoms with Crippen molar-refractivity contribution in [2.45, 2.75) is 0 Å². The number of rotatable bonds is 1. The molecule has 1 heterocycles. The van der Waals surface area contributed by atoms with E-state index in [-0.39, 0.29) is 11.1 Å². The van der Waals surface area contributed by atoms with Crippen LogP contribution in [0.1, 0.15) is 5.56 Å². The van der Waals surface area contributed by atoms with Crippen LogP contribution >= 0.6 is 27.7 Å². The predicted molar refractivity (Wildman–Crippen MR) is 63.2 cm³/mol. The third-order valence-electron chi connectivity index (χ3n) is 1.83. The van der Waals surface area contributed by atoms with Gasteiger partial charge >= 0.3 is 0 Å². The predicted octanol–water partition coefficient (Wildman–Crippen LogP) is 2.77. The molecule has 0 saturated carbocycles. The van der Waals surface area contributed by atoms with Gasteiger partial charge in [-0.2, -0.15) is 0 Å². The summed E-state index contributed by atoms with van der Waals surface area (Å²) in [4.78, 5) is 22.6. The highest BCUT2D eigenvalue weighted by molar-refractivity contribution is 9.10. The molecule has 0 atom stereocenters. The minimum Gasteiger partial charge on any atom is -0.282 e. The highest BCUT2D eigenvalue weighted by atomic mass is 79.9. The summed E-state index contributed by atoms with van der Waals surface area (Å²) in [6.07, 6.45) is 1.69. The van der Waals surface area contributed by atoms with E-state index in [9.17, 15) is 9.59 Å². The normalized spacial score (nSPS) is 18.3. The van der Waals surface area contributed by atoms with Crippen molar-refractivity contribution in [3.8, 4) is 0 Å². The van der Waals surface area contributed by atoms with Crippen molar-refractivity contribution in [1.29, 1.82) is 0 Å². The van der Waals surface area contributed by atoms with Crippen LogP contribution in [-0.2, 0) is 4.79 Å². The number of benzene rings is 1. The second-order valence-corrected chi connectivity index (χ2v) is 4.74. The third kappa shape index (κ3) is 2.30. The first-order chi connectivity index (χ1) is 7.16. The van der Waals surface area contributed by atoms with Crippen LogP contribution in [0.2, 0.25) is 0 Å². The van der Waals surface area contributed by atoms with Gasteiger partial charge in [0.25, 0.3) is 11.1 Å². The Morgan fingerprint density at radius 3 is 2.60 bits per heavy atom. The molecule has 0 unspecified atom stereocenters. The fourth-order valence-electron chi connectivity index (χ4n) is 1.15. The van der Waals surface area contributed by atoms with Crippen LogP contribution in [0.5, 0.6) is 0 Å². The van der Waals surface area contributed by atoms with E-state index in [0.717, 1.165) is 21.8 Å². The summed E-state index contributed by atoms with van der Waals surface area (Å²) in [5, 5.41) is 1.89. The molecule has 0 radical (unpaired) electrons. The van der Waals surface area contributed by atoms with Crippen molar-refractivity contribution in [3.63, 3.8) is 0 Å². The van der Waals surface area contributed by atoms with E-state index in [1.54, 1.807) is 6.08 Å². The molecule has 1 aliphatic rings. The van der Waals surface area contributed by atoms with E-state index in [1.165, 1.54) is 0 Å². The van der Waals surface area contributed by atoms with Gasteiger partial charge in [-0.05, 0) is 29.5 Å². The average molecular weight is 284 g/mol. The van der Waals surface area contributed by atoms with Gasteiger partial charge < -0.3 is 0 Å². The Kier molecular flexibility index (Phi) is 2.93. The number of carbonyl (C=O) groups excluding carboxylic acids is 2. The van der Waals surface area contributed by atoms with Gasteiger partial charge in [-0.15, -0.1) is 0 Å². The SMILES string of the molecule is O=C1NC(=O)/C(=C/c2ccccc2Br)S1. The molecule has 15 heavy (non-hydrogen) atoms. The Hall–Kier alpha value is -1.07. The Morgan fingerprint density at radius 2 is 2.00 bits per heavy atom. The number of hydrogen-bond donors (Lipinski definition) is 1. The summed E-state index contributed by atoms with van der Waals surface area (Å²) in [5.41, 5.74) is 0.879. The molecule has 0 aliphatic carbocycles. The van der Waals surface area contributed by atoms with Crippen LogP contribution in [-0.4, -0.2) is 11.1 Å². The highest BCUT2D eigenvalue weighted by Crippen LogP contribution is 2.27. The molecule has 1 aromatic rings. The summed E-state index contributed by atoms with van der Waals surface area (Å²) in [6.45, 7) is 0. The number of halogens is 1. The number of thioether (sulfide) groups is 1. The van der Waals surface area contributed by atoms with Gasteiger partial charge in [0, 0.05) is 4.47 Å². The van der Waals surface area contributed by atoms with Gasteiger partial charge in [0.15, 0.2) is 0 Å². The maximum atomic E-state index is 11.3. The number of amides is 2. The van der Waals surface area contributed by atoms with Crippen LogP contribution in [0, 0.1) is 0 Å². The van der Waals surface area contributed by atoms with E-state index in [0.29, 0.717) is 4.91 Å². The quantitative estimate of drug-likeness (QED) is 0.807. The number of imide groups is 1. The molecular weight excluding hydrogens is 278 g/mol. The number of hydrogen-bond acceptors (Lipinski definition) is 3. The minimum atomic E-state index is -0.333. The summed E-state index contributed by atoms with van der Waals surface area (Å²) < 4.78 is 0.894. The van der Waals surface area contributed by atoms with Crippen molar-refractivity contribution in [2.75, 3.05) is 0 Å². The Morgan fingerprint density at radius 1 is 1.27 bits per heavy atom. The summed E-state index contributed by atoms with van der Waals surface area (Å²) in [7, 11) is 0. The number of carbonyl (C=O) groups is 2. The topological polar surface area (TPSA) is 46.2 Å². The lowest BCUT2D eigenvalue weighted by Gasteiger charge is -1.97. The van der Waals surface area contributed by atoms with Crippen molar-refractivity contribution in [1.82, 2.24) is 5.32 Å². The minimum absolute atomic E-state index is 0.321. The van der Waals surface area contributed by atoms with E-state index >= 15 is 0 Å². The molecule has 76 valence electrons. The molecule has 1 saturated heterocycles. The zero-order chi connectivity index (χ0) is 10.8. The summed E-state index contributed by atoms with van der Waals surface area (Å²) in [5.74, 6) is -0.333. The van der Waals surface area contributed by atoms with Crippen LogP contribution < -0.4 is 5.32 Å². The molecule has 2 rings (SSSR count). The van der Waals surface area contributed by atoms with E-state index < -0.39 is 0 Å². The largest absolute Gasteiger partial charge is 0.290 e. The fourth-order valence-corrected chi connectivity index (χ4v) is 2.23. The zero-order valence-electron chi connectivity index (χ0n) is 7.49. The van der Waals surface area contributed by atoms with Crippen LogP contribution in [0.25, 0.3) is 6.08 Å². The lowest BCUT2D eigenvalue weighted by atomic mass is 10.2. The molecule has 1 fully saturated rings. The molecular formula is C10H6BrNO2S. The van der Waals surface area contributed by atoms with Gasteiger partial charge in [-0.25, -0.2) is 0 Å². The average Bonchev–Trinajstić information content (AvgIpc) is 2.49. The monoisotopic (exact) mass is 283 g/mol. The Balaban J connectivity index is 2.35. The molecule has 1 N–H and O–H groups in total. The molecule has 5 heteroatoms. The second-order valence-electron chi connectivity index (χ2n) is 2.87. The fraction of sp³-hybridized carbons (Fsp3) is 0. The van der Waals surface area contributed by atoms with Gasteiger partial charge in [0.1, 0.15) is 0 Å². The van der Waals surface area contributed by atoms with Gasteiger partial charge in [0.2, 0.25) is 0 Å². The molecule has 2 amide bonds. The molecule has 3 nitrogen and oxygen atoms in total. The smallest absolute Gasteiger partial charge is 0.282 e. The summed E-state index contributed by atoms with van der Waals surface area (Å²) in [6, 6.07) is 7.51. The van der Waals surface area contributed by atoms with Crippen LogP contribution in [0.4, 0.5) is 4.79 Å². The van der Waals surface area contributed by atoms with Crippen molar-refractivity contribution in [3.05, 3.63) is 39.2 Å². The molecule has 0 aromatic heterocycles. The van der Waals surface area contributed by atoms with Crippen molar-refractivity contribution in [2.24, 2.45) is 0 Å². The van der Waals surface area contributed by atoms with Gasteiger partial charge in [0.05, 0.1) is 4.91 Å². The van der Waals surface area contributed by atoms with Crippen LogP contribution in [0.15, 0.2) is 33.6 Å². The maximum Gasteiger partial charge on any atom is 0.290 e. The van der Waals surface area contributed by atoms with Gasteiger partial charge in [-0.1, -0.05) is 34.1 Å². The van der Waals surface area contributed by atoms with Crippen molar-refractivity contribution < 1.29 is 9.59 Å². The van der Waals surface area contributed by atoms with Crippen molar-refractivity contribution >= 4 is 44.9 Å². The van der Waals surface area contributed by atoms with E-state index in [2.05, 4.69) is 21.2 Å². The zero-order valence-corrected chi connectivity index (χ0v) is 9.89. The lowest BCUT2D eigenvalue weighted by molar-refractivity contribution is -0.115. The van der Waals surface area contributed by atoms with Crippen LogP contribution in [0.3, 0.4) is 0 Å². The molecule has 1 aliphatic heterocycles. The molecule has 0 spiro atoms. The first kappa shape index (κ1) is 10.4. The highest BCUT2D eigenvalue weighted by Gasteiger charge is 2.24. The second kappa shape index (κ2) is 4.20. The first-order valence-electron chi connectivity index (χ1n) is 4.16. The Bertz CT molecular complexity index is 470. The third-order valence-corrected chi connectivity index (χ3v) is 3.37.